The molecule has 0 aromatic heterocycles. The summed E-state index contributed by atoms with van der Waals surface area (Å²) in [5.74, 6) is 0.968. The summed E-state index contributed by atoms with van der Waals surface area (Å²) < 4.78 is 10.8. The van der Waals surface area contributed by atoms with E-state index in [1.54, 1.807) is 44.6 Å². The van der Waals surface area contributed by atoms with Gasteiger partial charge in [-0.2, -0.15) is 0 Å². The van der Waals surface area contributed by atoms with Crippen molar-refractivity contribution in [2.24, 2.45) is 0 Å². The summed E-state index contributed by atoms with van der Waals surface area (Å²) in [6.45, 7) is 1.81. The molecular formula is C20H20ClN3O3S. The van der Waals surface area contributed by atoms with Crippen LogP contribution in [0.5, 0.6) is 11.5 Å². The van der Waals surface area contributed by atoms with Crippen LogP contribution < -0.4 is 25.4 Å². The molecule has 2 aromatic carbocycles. The van der Waals surface area contributed by atoms with Crippen LogP contribution in [0.1, 0.15) is 18.5 Å². The van der Waals surface area contributed by atoms with E-state index in [2.05, 4.69) is 16.0 Å². The third-order valence-electron chi connectivity index (χ3n) is 4.35. The normalized spacial score (nSPS) is 16.1. The van der Waals surface area contributed by atoms with Gasteiger partial charge >= 0.3 is 0 Å². The minimum absolute atomic E-state index is 0.273. The highest BCUT2D eigenvalue weighted by atomic mass is 35.5. The Balaban J connectivity index is 2.00. The maximum atomic E-state index is 13.1. The minimum Gasteiger partial charge on any atom is -0.497 e. The van der Waals surface area contributed by atoms with E-state index >= 15 is 0 Å². The summed E-state index contributed by atoms with van der Waals surface area (Å²) in [5.41, 5.74) is 2.53. The molecular weight excluding hydrogens is 398 g/mol. The molecule has 146 valence electrons. The van der Waals surface area contributed by atoms with Gasteiger partial charge in [-0.1, -0.05) is 17.7 Å². The highest BCUT2D eigenvalue weighted by molar-refractivity contribution is 7.80. The Kier molecular flexibility index (Phi) is 6.06. The number of ether oxygens (including phenoxy) is 2. The molecule has 0 radical (unpaired) electrons. The third-order valence-corrected chi connectivity index (χ3v) is 4.80. The van der Waals surface area contributed by atoms with Crippen molar-refractivity contribution in [1.82, 2.24) is 10.6 Å². The van der Waals surface area contributed by atoms with Crippen LogP contribution in [0, 0.1) is 0 Å². The molecule has 1 heterocycles. The number of hydrogen-bond acceptors (Lipinski definition) is 4. The van der Waals surface area contributed by atoms with Crippen molar-refractivity contribution in [3.63, 3.8) is 0 Å². The smallest absolute Gasteiger partial charge is 0.255 e. The Morgan fingerprint density at radius 2 is 1.96 bits per heavy atom. The lowest BCUT2D eigenvalue weighted by molar-refractivity contribution is -0.113. The van der Waals surface area contributed by atoms with Crippen molar-refractivity contribution in [2.75, 3.05) is 19.5 Å². The van der Waals surface area contributed by atoms with E-state index in [0.29, 0.717) is 38.6 Å². The minimum atomic E-state index is -0.492. The zero-order chi connectivity index (χ0) is 20.3. The van der Waals surface area contributed by atoms with E-state index in [0.717, 1.165) is 5.56 Å². The van der Waals surface area contributed by atoms with Crippen molar-refractivity contribution in [3.05, 3.63) is 64.3 Å². The lowest BCUT2D eigenvalue weighted by Gasteiger charge is -2.31. The lowest BCUT2D eigenvalue weighted by atomic mass is 9.94. The molecule has 0 aliphatic carbocycles. The van der Waals surface area contributed by atoms with Gasteiger partial charge in [0.05, 0.1) is 25.8 Å². The fourth-order valence-corrected chi connectivity index (χ4v) is 3.51. The van der Waals surface area contributed by atoms with Crippen LogP contribution in [0.15, 0.2) is 53.7 Å². The molecule has 28 heavy (non-hydrogen) atoms. The average molecular weight is 418 g/mol. The average Bonchev–Trinajstić information content (AvgIpc) is 2.66. The van der Waals surface area contributed by atoms with Gasteiger partial charge in [-0.15, -0.1) is 0 Å². The number of hydrogen-bond donors (Lipinski definition) is 3. The number of allylic oxidation sites excluding steroid dienone is 1. The van der Waals surface area contributed by atoms with Crippen LogP contribution in [0.3, 0.4) is 0 Å². The van der Waals surface area contributed by atoms with Crippen LogP contribution in [-0.4, -0.2) is 25.2 Å². The predicted octanol–water partition coefficient (Wildman–Crippen LogP) is 3.79. The van der Waals surface area contributed by atoms with E-state index in [-0.39, 0.29) is 5.91 Å². The summed E-state index contributed by atoms with van der Waals surface area (Å²) in [7, 11) is 3.15. The van der Waals surface area contributed by atoms with Crippen LogP contribution in [0.4, 0.5) is 5.69 Å². The van der Waals surface area contributed by atoms with Crippen LogP contribution in [0.2, 0.25) is 5.02 Å². The van der Waals surface area contributed by atoms with Gasteiger partial charge in [0.15, 0.2) is 5.11 Å². The first kappa shape index (κ1) is 20.0. The Bertz CT molecular complexity index is 961. The fraction of sp³-hybridized carbons (Fsp3) is 0.200. The van der Waals surface area contributed by atoms with Gasteiger partial charge in [0, 0.05) is 28.0 Å². The Hall–Kier alpha value is -2.77. The number of rotatable bonds is 5. The van der Waals surface area contributed by atoms with E-state index < -0.39 is 6.04 Å². The second-order valence-corrected chi connectivity index (χ2v) is 6.99. The van der Waals surface area contributed by atoms with Crippen molar-refractivity contribution < 1.29 is 14.3 Å². The molecule has 2 aromatic rings. The molecule has 0 saturated carbocycles. The van der Waals surface area contributed by atoms with E-state index in [4.69, 9.17) is 33.3 Å². The second-order valence-electron chi connectivity index (χ2n) is 6.14. The monoisotopic (exact) mass is 417 g/mol. The van der Waals surface area contributed by atoms with Crippen molar-refractivity contribution in [2.45, 2.75) is 13.0 Å². The van der Waals surface area contributed by atoms with Crippen molar-refractivity contribution in [1.29, 1.82) is 0 Å². The van der Waals surface area contributed by atoms with E-state index in [9.17, 15) is 4.79 Å². The first-order valence-corrected chi connectivity index (χ1v) is 9.28. The summed E-state index contributed by atoms with van der Waals surface area (Å²) >= 11 is 11.3. The van der Waals surface area contributed by atoms with Crippen molar-refractivity contribution >= 4 is 40.5 Å². The Morgan fingerprint density at radius 1 is 1.18 bits per heavy atom. The lowest BCUT2D eigenvalue weighted by Crippen LogP contribution is -2.45. The third kappa shape index (κ3) is 4.21. The van der Waals surface area contributed by atoms with Gasteiger partial charge in [0.25, 0.3) is 5.91 Å². The topological polar surface area (TPSA) is 71.6 Å². The van der Waals surface area contributed by atoms with Gasteiger partial charge in [-0.05, 0) is 49.5 Å². The SMILES string of the molecule is COc1ccc([C@H]2NC(=S)NC(C)=C2C(=O)Nc2cccc(Cl)c2)c(OC)c1. The highest BCUT2D eigenvalue weighted by Crippen LogP contribution is 2.35. The molecule has 1 aliphatic heterocycles. The molecule has 0 saturated heterocycles. The van der Waals surface area contributed by atoms with E-state index in [1.165, 1.54) is 0 Å². The molecule has 6 nitrogen and oxygen atoms in total. The first-order chi connectivity index (χ1) is 13.4. The van der Waals surface area contributed by atoms with Gasteiger partial charge in [0.2, 0.25) is 0 Å². The number of halogens is 1. The number of carbonyl (C=O) groups excluding carboxylic acids is 1. The van der Waals surface area contributed by atoms with Crippen LogP contribution in [-0.2, 0) is 4.79 Å². The summed E-state index contributed by atoms with van der Waals surface area (Å²) in [5, 5.41) is 10.0. The number of amides is 1. The number of carbonyl (C=O) groups is 1. The standard InChI is InChI=1S/C20H20ClN3O3S/c1-11-17(19(25)23-13-6-4-5-12(21)9-13)18(24-20(28)22-11)15-8-7-14(26-2)10-16(15)27-3/h4-10,18H,1-3H3,(H,23,25)(H2,22,24,28)/t18-/m1/s1. The molecule has 1 amide bonds. The maximum Gasteiger partial charge on any atom is 0.255 e. The van der Waals surface area contributed by atoms with Crippen LogP contribution in [0.25, 0.3) is 0 Å². The number of benzene rings is 2. The zero-order valence-electron chi connectivity index (χ0n) is 15.6. The molecule has 1 aliphatic rings. The molecule has 8 heteroatoms. The molecule has 3 rings (SSSR count). The second kappa shape index (κ2) is 8.50. The van der Waals surface area contributed by atoms with E-state index in [1.807, 2.05) is 19.1 Å². The number of nitrogens with one attached hydrogen (secondary N) is 3. The fourth-order valence-electron chi connectivity index (χ4n) is 3.05. The zero-order valence-corrected chi connectivity index (χ0v) is 17.2. The molecule has 0 unspecified atom stereocenters. The quantitative estimate of drug-likeness (QED) is 0.643. The largest absolute Gasteiger partial charge is 0.497 e. The summed E-state index contributed by atoms with van der Waals surface area (Å²) in [6.07, 6.45) is 0. The van der Waals surface area contributed by atoms with Gasteiger partial charge in [-0.25, -0.2) is 0 Å². The maximum absolute atomic E-state index is 13.1. The molecule has 0 fully saturated rings. The first-order valence-electron chi connectivity index (χ1n) is 8.50. The Labute approximate surface area is 173 Å². The van der Waals surface area contributed by atoms with Crippen molar-refractivity contribution in [3.8, 4) is 11.5 Å². The molecule has 0 bridgehead atoms. The van der Waals surface area contributed by atoms with Crippen LogP contribution >= 0.6 is 23.8 Å². The number of thiocarbonyl (C=S) groups is 1. The highest BCUT2D eigenvalue weighted by Gasteiger charge is 2.32. The van der Waals surface area contributed by atoms with Gasteiger partial charge in [0.1, 0.15) is 11.5 Å². The van der Waals surface area contributed by atoms with Gasteiger partial charge < -0.3 is 25.4 Å². The predicted molar refractivity (Wildman–Crippen MR) is 114 cm³/mol. The number of methoxy groups -OCH3 is 2. The Morgan fingerprint density at radius 3 is 2.64 bits per heavy atom. The molecule has 0 spiro atoms. The summed E-state index contributed by atoms with van der Waals surface area (Å²) in [4.78, 5) is 13.1. The number of anilines is 1. The molecule has 3 N–H and O–H groups in total. The molecule has 1 atom stereocenters. The summed E-state index contributed by atoms with van der Waals surface area (Å²) in [6, 6.07) is 11.9. The van der Waals surface area contributed by atoms with Gasteiger partial charge in [-0.3, -0.25) is 4.79 Å².